The summed E-state index contributed by atoms with van der Waals surface area (Å²) in [4.78, 5) is 21.0. The van der Waals surface area contributed by atoms with Gasteiger partial charge in [-0.25, -0.2) is 9.59 Å². The van der Waals surface area contributed by atoms with Crippen LogP contribution in [-0.4, -0.2) is 51.8 Å². The molecule has 2 heterocycles. The molecule has 0 radical (unpaired) electrons. The minimum Gasteiger partial charge on any atom is -0.497 e. The van der Waals surface area contributed by atoms with Crippen LogP contribution >= 0.6 is 0 Å². The molecule has 112 valence electrons. The van der Waals surface area contributed by atoms with E-state index in [9.17, 15) is 9.59 Å². The molecule has 0 saturated carbocycles. The van der Waals surface area contributed by atoms with Crippen LogP contribution in [0.25, 0.3) is 0 Å². The van der Waals surface area contributed by atoms with Gasteiger partial charge in [-0.1, -0.05) is 0 Å². The van der Waals surface area contributed by atoms with Crippen molar-refractivity contribution in [3.8, 4) is 0 Å². The van der Waals surface area contributed by atoms with Crippen molar-refractivity contribution in [3.05, 3.63) is 24.7 Å². The molecular formula is C12H17NO7. The summed E-state index contributed by atoms with van der Waals surface area (Å²) in [5, 5.41) is 2.34. The van der Waals surface area contributed by atoms with E-state index in [1.165, 1.54) is 26.7 Å². The molecule has 0 aromatic carbocycles. The average Bonchev–Trinajstić information content (AvgIpc) is 3.12. The molecule has 2 unspecified atom stereocenters. The molecule has 1 N–H and O–H groups in total. The topological polar surface area (TPSA) is 92.3 Å². The van der Waals surface area contributed by atoms with Crippen LogP contribution in [-0.2, 0) is 23.7 Å². The van der Waals surface area contributed by atoms with Gasteiger partial charge in [-0.15, -0.1) is 0 Å². The molecule has 0 aromatic rings. The molecule has 0 spiro atoms. The van der Waals surface area contributed by atoms with E-state index in [4.69, 9.17) is 14.2 Å². The summed E-state index contributed by atoms with van der Waals surface area (Å²) in [7, 11) is 2.78. The van der Waals surface area contributed by atoms with Gasteiger partial charge in [0.1, 0.15) is 13.2 Å². The number of carbonyl (C=O) groups excluding carboxylic acids is 2. The first-order valence-corrected chi connectivity index (χ1v) is 5.85. The van der Waals surface area contributed by atoms with E-state index in [-0.39, 0.29) is 12.2 Å². The zero-order valence-corrected chi connectivity index (χ0v) is 11.2. The number of hydrogen-bond donors (Lipinski definition) is 1. The summed E-state index contributed by atoms with van der Waals surface area (Å²) in [6.07, 6.45) is 4.74. The second-order valence-corrected chi connectivity index (χ2v) is 3.63. The van der Waals surface area contributed by atoms with Crippen molar-refractivity contribution in [1.29, 1.82) is 0 Å². The van der Waals surface area contributed by atoms with Crippen molar-refractivity contribution in [2.24, 2.45) is 0 Å². The number of hydrogen-bond acceptors (Lipinski definition) is 7. The van der Waals surface area contributed by atoms with Gasteiger partial charge < -0.3 is 29.0 Å². The third-order valence-electron chi connectivity index (χ3n) is 2.18. The fourth-order valence-corrected chi connectivity index (χ4v) is 1.21. The van der Waals surface area contributed by atoms with Crippen molar-refractivity contribution in [2.45, 2.75) is 12.2 Å². The Kier molecular flexibility index (Phi) is 6.80. The number of methoxy groups -OCH3 is 1. The maximum Gasteiger partial charge on any atom is 0.508 e. The van der Waals surface area contributed by atoms with Crippen molar-refractivity contribution in [2.75, 3.05) is 27.4 Å². The molecule has 8 nitrogen and oxygen atoms in total. The number of alkyl carbamates (subject to hydrolysis) is 1. The van der Waals surface area contributed by atoms with Gasteiger partial charge in [0, 0.05) is 7.05 Å². The molecule has 2 rings (SSSR count). The normalized spacial score (nSPS) is 21.9. The third kappa shape index (κ3) is 5.98. The van der Waals surface area contributed by atoms with Crippen LogP contribution in [0, 0.1) is 0 Å². The van der Waals surface area contributed by atoms with Crippen LogP contribution in [0.5, 0.6) is 0 Å². The number of amides is 1. The summed E-state index contributed by atoms with van der Waals surface area (Å²) in [5.74, 6) is 0. The van der Waals surface area contributed by atoms with E-state index >= 15 is 0 Å². The molecule has 2 aliphatic heterocycles. The highest BCUT2D eigenvalue weighted by Gasteiger charge is 2.15. The summed E-state index contributed by atoms with van der Waals surface area (Å²) in [5.41, 5.74) is 0. The monoisotopic (exact) mass is 287 g/mol. The van der Waals surface area contributed by atoms with Crippen LogP contribution in [0.1, 0.15) is 0 Å². The molecule has 0 bridgehead atoms. The zero-order chi connectivity index (χ0) is 14.8. The Balaban J connectivity index is 0.000000200. The summed E-state index contributed by atoms with van der Waals surface area (Å²) < 4.78 is 23.4. The van der Waals surface area contributed by atoms with Crippen LogP contribution < -0.4 is 5.32 Å². The summed E-state index contributed by atoms with van der Waals surface area (Å²) in [6.45, 7) is 0.808. The Bertz CT molecular complexity index is 344. The lowest BCUT2D eigenvalue weighted by Gasteiger charge is -2.06. The highest BCUT2D eigenvalue weighted by Crippen LogP contribution is 2.04. The van der Waals surface area contributed by atoms with Gasteiger partial charge in [-0.05, 0) is 12.2 Å². The Labute approximate surface area is 116 Å². The molecule has 20 heavy (non-hydrogen) atoms. The third-order valence-corrected chi connectivity index (χ3v) is 2.18. The molecule has 0 aromatic heterocycles. The fourth-order valence-electron chi connectivity index (χ4n) is 1.21. The maximum atomic E-state index is 10.5. The first kappa shape index (κ1) is 15.7. The van der Waals surface area contributed by atoms with E-state index in [2.05, 4.69) is 14.8 Å². The number of ether oxygens (including phenoxy) is 5. The zero-order valence-electron chi connectivity index (χ0n) is 11.2. The maximum absolute atomic E-state index is 10.5. The molecule has 2 aliphatic rings. The van der Waals surface area contributed by atoms with Gasteiger partial charge in [0.2, 0.25) is 0 Å². The van der Waals surface area contributed by atoms with Crippen molar-refractivity contribution < 1.29 is 33.3 Å². The SMILES string of the molecule is CNC(=O)OC1C=COC1.COC(=O)OC1C=COC1. The molecular weight excluding hydrogens is 270 g/mol. The van der Waals surface area contributed by atoms with Crippen LogP contribution in [0.2, 0.25) is 0 Å². The standard InChI is InChI=1S/C6H9NO3.C6H8O4/c1-7-6(8)10-5-2-3-9-4-5;1-8-6(7)10-5-2-3-9-4-5/h2-3,5H,4H2,1H3,(H,7,8);2-3,5H,4H2,1H3. The van der Waals surface area contributed by atoms with E-state index in [1.54, 1.807) is 12.2 Å². The smallest absolute Gasteiger partial charge is 0.497 e. The number of nitrogens with one attached hydrogen (secondary N) is 1. The van der Waals surface area contributed by atoms with Gasteiger partial charge in [0.15, 0.2) is 12.2 Å². The largest absolute Gasteiger partial charge is 0.508 e. The van der Waals surface area contributed by atoms with Crippen molar-refractivity contribution >= 4 is 12.2 Å². The lowest BCUT2D eigenvalue weighted by Crippen LogP contribution is -2.25. The highest BCUT2D eigenvalue weighted by molar-refractivity contribution is 5.67. The predicted molar refractivity (Wildman–Crippen MR) is 66.8 cm³/mol. The van der Waals surface area contributed by atoms with Crippen molar-refractivity contribution in [1.82, 2.24) is 5.32 Å². The lowest BCUT2D eigenvalue weighted by atomic mass is 10.4. The van der Waals surface area contributed by atoms with E-state index in [0.29, 0.717) is 13.2 Å². The minimum atomic E-state index is -0.680. The predicted octanol–water partition coefficient (Wildman–Crippen LogP) is 0.937. The van der Waals surface area contributed by atoms with Crippen molar-refractivity contribution in [3.63, 3.8) is 0 Å². The van der Waals surface area contributed by atoms with Gasteiger partial charge >= 0.3 is 12.2 Å². The van der Waals surface area contributed by atoms with E-state index in [0.717, 1.165) is 0 Å². The Hall–Kier alpha value is -2.38. The molecule has 8 heteroatoms. The van der Waals surface area contributed by atoms with E-state index in [1.807, 2.05) is 0 Å². The molecule has 2 atom stereocenters. The van der Waals surface area contributed by atoms with E-state index < -0.39 is 12.2 Å². The van der Waals surface area contributed by atoms with Gasteiger partial charge in [-0.2, -0.15) is 0 Å². The first-order chi connectivity index (χ1) is 9.65. The highest BCUT2D eigenvalue weighted by atomic mass is 16.7. The van der Waals surface area contributed by atoms with Crippen LogP contribution in [0.4, 0.5) is 9.59 Å². The Morgan fingerprint density at radius 3 is 2.05 bits per heavy atom. The van der Waals surface area contributed by atoms with Gasteiger partial charge in [0.25, 0.3) is 0 Å². The quantitative estimate of drug-likeness (QED) is 0.755. The summed E-state index contributed by atoms with van der Waals surface area (Å²) in [6, 6.07) is 0. The molecule has 0 aliphatic carbocycles. The molecule has 0 fully saturated rings. The number of rotatable bonds is 2. The lowest BCUT2D eigenvalue weighted by molar-refractivity contribution is 0.0394. The minimum absolute atomic E-state index is 0.222. The van der Waals surface area contributed by atoms with Crippen LogP contribution in [0.3, 0.4) is 0 Å². The molecule has 0 saturated heterocycles. The summed E-state index contributed by atoms with van der Waals surface area (Å²) >= 11 is 0. The Morgan fingerprint density at radius 2 is 1.65 bits per heavy atom. The number of carbonyl (C=O) groups is 2. The second kappa shape index (κ2) is 8.68. The fraction of sp³-hybridized carbons (Fsp3) is 0.500. The Morgan fingerprint density at radius 1 is 1.10 bits per heavy atom. The average molecular weight is 287 g/mol. The molecule has 1 amide bonds. The van der Waals surface area contributed by atoms with Gasteiger partial charge in [0.05, 0.1) is 19.6 Å². The second-order valence-electron chi connectivity index (χ2n) is 3.63. The first-order valence-electron chi connectivity index (χ1n) is 5.85. The van der Waals surface area contributed by atoms with Crippen LogP contribution in [0.15, 0.2) is 24.7 Å². The van der Waals surface area contributed by atoms with Gasteiger partial charge in [-0.3, -0.25) is 0 Å².